The van der Waals surface area contributed by atoms with Crippen molar-refractivity contribution in [3.05, 3.63) is 34.3 Å². The van der Waals surface area contributed by atoms with Crippen LogP contribution in [0.5, 0.6) is 0 Å². The molecule has 0 saturated carbocycles. The minimum absolute atomic E-state index is 0. The number of halogens is 1. The Hall–Kier alpha value is -0.830. The van der Waals surface area contributed by atoms with Gasteiger partial charge >= 0.3 is 5.97 Å². The van der Waals surface area contributed by atoms with Crippen LogP contribution in [0.15, 0.2) is 28.7 Å². The second-order valence-corrected chi connectivity index (χ2v) is 4.88. The van der Waals surface area contributed by atoms with Crippen molar-refractivity contribution in [3.8, 4) is 0 Å². The highest BCUT2D eigenvalue weighted by atomic mass is 79.9. The maximum Gasteiger partial charge on any atom is 0.304 e. The molecule has 0 aliphatic heterocycles. The van der Waals surface area contributed by atoms with Crippen LogP contribution in [-0.2, 0) is 10.2 Å². The molecular formula is C12H17BrO2. The zero-order chi connectivity index (χ0) is 10.8. The van der Waals surface area contributed by atoms with Crippen LogP contribution in [0.4, 0.5) is 0 Å². The van der Waals surface area contributed by atoms with Crippen molar-refractivity contribution in [1.29, 1.82) is 0 Å². The van der Waals surface area contributed by atoms with Crippen molar-refractivity contribution >= 4 is 21.9 Å². The summed E-state index contributed by atoms with van der Waals surface area (Å²) < 4.78 is 0.980. The molecule has 0 radical (unpaired) electrons. The third kappa shape index (κ3) is 4.04. The highest BCUT2D eigenvalue weighted by molar-refractivity contribution is 9.10. The van der Waals surface area contributed by atoms with Gasteiger partial charge in [-0.25, -0.2) is 0 Å². The van der Waals surface area contributed by atoms with E-state index >= 15 is 0 Å². The Morgan fingerprint density at radius 1 is 1.47 bits per heavy atom. The third-order valence-electron chi connectivity index (χ3n) is 2.20. The minimum atomic E-state index is -0.769. The molecular weight excluding hydrogens is 256 g/mol. The number of rotatable bonds is 3. The predicted molar refractivity (Wildman–Crippen MR) is 66.2 cm³/mol. The monoisotopic (exact) mass is 272 g/mol. The average Bonchev–Trinajstić information content (AvgIpc) is 2.01. The maximum atomic E-state index is 10.7. The minimum Gasteiger partial charge on any atom is -0.481 e. The number of benzene rings is 1. The van der Waals surface area contributed by atoms with Gasteiger partial charge in [0, 0.05) is 9.89 Å². The second-order valence-electron chi connectivity index (χ2n) is 3.96. The fourth-order valence-corrected chi connectivity index (χ4v) is 1.79. The van der Waals surface area contributed by atoms with Crippen LogP contribution in [0.25, 0.3) is 0 Å². The molecule has 0 amide bonds. The quantitative estimate of drug-likeness (QED) is 0.908. The summed E-state index contributed by atoms with van der Waals surface area (Å²) in [5.74, 6) is -0.769. The van der Waals surface area contributed by atoms with Crippen LogP contribution in [0.2, 0.25) is 0 Å². The number of aliphatic carboxylic acids is 1. The van der Waals surface area contributed by atoms with Gasteiger partial charge in [-0.05, 0) is 17.7 Å². The van der Waals surface area contributed by atoms with Crippen molar-refractivity contribution in [1.82, 2.24) is 0 Å². The van der Waals surface area contributed by atoms with Crippen LogP contribution < -0.4 is 0 Å². The summed E-state index contributed by atoms with van der Waals surface area (Å²) in [6.07, 6.45) is 0.142. The van der Waals surface area contributed by atoms with Crippen molar-refractivity contribution in [2.45, 2.75) is 33.1 Å². The van der Waals surface area contributed by atoms with E-state index in [-0.39, 0.29) is 19.3 Å². The summed E-state index contributed by atoms with van der Waals surface area (Å²) >= 11 is 3.37. The van der Waals surface area contributed by atoms with Crippen LogP contribution in [-0.4, -0.2) is 11.1 Å². The van der Waals surface area contributed by atoms with E-state index in [1.165, 1.54) is 0 Å². The first kappa shape index (κ1) is 14.2. The smallest absolute Gasteiger partial charge is 0.304 e. The van der Waals surface area contributed by atoms with Gasteiger partial charge in [-0.15, -0.1) is 0 Å². The number of carboxylic acid groups (broad SMARTS) is 1. The molecule has 0 aromatic heterocycles. The molecule has 1 aromatic rings. The molecule has 0 heterocycles. The Morgan fingerprint density at radius 2 is 2.07 bits per heavy atom. The predicted octanol–water partition coefficient (Wildman–Crippen LogP) is 3.84. The number of hydrogen-bond acceptors (Lipinski definition) is 1. The molecule has 0 aliphatic rings. The normalized spacial score (nSPS) is 10.6. The first-order chi connectivity index (χ1) is 6.42. The Kier molecular flexibility index (Phi) is 5.01. The molecule has 3 heteroatoms. The maximum absolute atomic E-state index is 10.7. The van der Waals surface area contributed by atoms with Gasteiger partial charge in [-0.3, -0.25) is 4.79 Å². The highest BCUT2D eigenvalue weighted by Crippen LogP contribution is 2.28. The lowest BCUT2D eigenvalue weighted by Gasteiger charge is -2.23. The van der Waals surface area contributed by atoms with Crippen LogP contribution >= 0.6 is 15.9 Å². The summed E-state index contributed by atoms with van der Waals surface area (Å²) in [4.78, 5) is 10.7. The summed E-state index contributed by atoms with van der Waals surface area (Å²) in [7, 11) is 0. The lowest BCUT2D eigenvalue weighted by Crippen LogP contribution is -2.21. The molecule has 1 rings (SSSR count). The third-order valence-corrected chi connectivity index (χ3v) is 2.69. The molecule has 0 bridgehead atoms. The van der Waals surface area contributed by atoms with Gasteiger partial charge in [-0.2, -0.15) is 0 Å². The zero-order valence-electron chi connectivity index (χ0n) is 8.25. The first-order valence-corrected chi connectivity index (χ1v) is 5.19. The number of carboxylic acids is 1. The molecule has 0 unspecified atom stereocenters. The van der Waals surface area contributed by atoms with E-state index in [9.17, 15) is 4.79 Å². The SMILES string of the molecule is C.CC(C)(CC(=O)O)c1cccc(Br)c1. The Morgan fingerprint density at radius 3 is 2.53 bits per heavy atom. The van der Waals surface area contributed by atoms with E-state index in [4.69, 9.17) is 5.11 Å². The van der Waals surface area contributed by atoms with E-state index in [0.717, 1.165) is 10.0 Å². The molecule has 0 spiro atoms. The second kappa shape index (κ2) is 5.31. The number of hydrogen-bond donors (Lipinski definition) is 1. The van der Waals surface area contributed by atoms with E-state index in [1.54, 1.807) is 0 Å². The fourth-order valence-electron chi connectivity index (χ4n) is 1.39. The Bertz CT molecular complexity index is 345. The van der Waals surface area contributed by atoms with Crippen LogP contribution in [0.3, 0.4) is 0 Å². The van der Waals surface area contributed by atoms with Gasteiger partial charge in [0.15, 0.2) is 0 Å². The van der Waals surface area contributed by atoms with Gasteiger partial charge < -0.3 is 5.11 Å². The van der Waals surface area contributed by atoms with Crippen LogP contribution in [0.1, 0.15) is 33.3 Å². The van der Waals surface area contributed by atoms with E-state index in [0.29, 0.717) is 0 Å². The summed E-state index contributed by atoms with van der Waals surface area (Å²) in [5.41, 5.74) is 0.713. The lowest BCUT2D eigenvalue weighted by molar-refractivity contribution is -0.138. The molecule has 0 fully saturated rings. The Balaban J connectivity index is 0.00000196. The summed E-state index contributed by atoms with van der Waals surface area (Å²) in [5, 5.41) is 8.77. The number of carbonyl (C=O) groups is 1. The summed E-state index contributed by atoms with van der Waals surface area (Å²) in [6, 6.07) is 7.76. The zero-order valence-corrected chi connectivity index (χ0v) is 9.84. The Labute approximate surface area is 99.5 Å². The fraction of sp³-hybridized carbons (Fsp3) is 0.417. The largest absolute Gasteiger partial charge is 0.481 e. The molecule has 84 valence electrons. The highest BCUT2D eigenvalue weighted by Gasteiger charge is 2.23. The summed E-state index contributed by atoms with van der Waals surface area (Å²) in [6.45, 7) is 3.87. The molecule has 15 heavy (non-hydrogen) atoms. The average molecular weight is 273 g/mol. The van der Waals surface area contributed by atoms with Gasteiger partial charge in [-0.1, -0.05) is 49.3 Å². The standard InChI is InChI=1S/C11H13BrO2.CH4/c1-11(2,7-10(13)14)8-4-3-5-9(12)6-8;/h3-6H,7H2,1-2H3,(H,13,14);1H4. The van der Waals surface area contributed by atoms with Crippen LogP contribution in [0, 0.1) is 0 Å². The van der Waals surface area contributed by atoms with Gasteiger partial charge in [0.05, 0.1) is 6.42 Å². The van der Waals surface area contributed by atoms with Crippen molar-refractivity contribution in [2.24, 2.45) is 0 Å². The molecule has 0 saturated heterocycles. The van der Waals surface area contributed by atoms with Crippen molar-refractivity contribution < 1.29 is 9.90 Å². The van der Waals surface area contributed by atoms with Gasteiger partial charge in [0.1, 0.15) is 0 Å². The molecule has 1 aromatic carbocycles. The lowest BCUT2D eigenvalue weighted by atomic mass is 9.82. The molecule has 0 atom stereocenters. The first-order valence-electron chi connectivity index (χ1n) is 4.40. The van der Waals surface area contributed by atoms with Crippen molar-refractivity contribution in [3.63, 3.8) is 0 Å². The molecule has 1 N–H and O–H groups in total. The van der Waals surface area contributed by atoms with E-state index in [2.05, 4.69) is 15.9 Å². The van der Waals surface area contributed by atoms with Crippen molar-refractivity contribution in [2.75, 3.05) is 0 Å². The topological polar surface area (TPSA) is 37.3 Å². The van der Waals surface area contributed by atoms with Gasteiger partial charge in [0.25, 0.3) is 0 Å². The molecule has 0 aliphatic carbocycles. The van der Waals surface area contributed by atoms with E-state index in [1.807, 2.05) is 38.1 Å². The molecule has 2 nitrogen and oxygen atoms in total. The van der Waals surface area contributed by atoms with E-state index < -0.39 is 5.97 Å². The van der Waals surface area contributed by atoms with Gasteiger partial charge in [0.2, 0.25) is 0 Å².